The van der Waals surface area contributed by atoms with Crippen LogP contribution in [0.5, 0.6) is 0 Å². The molecule has 0 bridgehead atoms. The highest BCUT2D eigenvalue weighted by Gasteiger charge is 2.09. The van der Waals surface area contributed by atoms with Gasteiger partial charge in [0.15, 0.2) is 0 Å². The molecule has 0 saturated carbocycles. The number of nitrogens with zero attached hydrogens (tertiary/aromatic N) is 4. The SMILES string of the molecule is C=C/C=C(C)\C=C/Cc1cc(C)n(C2=NCCC=N2)n1. The highest BCUT2D eigenvalue weighted by atomic mass is 15.4. The van der Waals surface area contributed by atoms with Gasteiger partial charge in [-0.05, 0) is 19.9 Å². The third-order valence-electron chi connectivity index (χ3n) is 2.93. The Morgan fingerprint density at radius 3 is 3.05 bits per heavy atom. The second-order valence-corrected chi connectivity index (χ2v) is 4.72. The Labute approximate surface area is 119 Å². The van der Waals surface area contributed by atoms with Gasteiger partial charge in [-0.15, -0.1) is 0 Å². The van der Waals surface area contributed by atoms with Crippen LogP contribution >= 0.6 is 0 Å². The van der Waals surface area contributed by atoms with Crippen LogP contribution in [0.15, 0.2) is 52.5 Å². The lowest BCUT2D eigenvalue weighted by Crippen LogP contribution is -2.16. The molecule has 0 N–H and O–H groups in total. The predicted molar refractivity (Wildman–Crippen MR) is 84.6 cm³/mol. The van der Waals surface area contributed by atoms with Gasteiger partial charge in [-0.25, -0.2) is 14.7 Å². The molecule has 0 aromatic carbocycles. The van der Waals surface area contributed by atoms with Gasteiger partial charge in [0, 0.05) is 31.3 Å². The average molecular weight is 268 g/mol. The molecule has 1 aliphatic heterocycles. The third kappa shape index (κ3) is 3.63. The highest BCUT2D eigenvalue weighted by molar-refractivity contribution is 5.90. The first-order valence-corrected chi connectivity index (χ1v) is 6.79. The highest BCUT2D eigenvalue weighted by Crippen LogP contribution is 2.07. The second kappa shape index (κ2) is 6.80. The van der Waals surface area contributed by atoms with Gasteiger partial charge in [-0.1, -0.05) is 36.5 Å². The van der Waals surface area contributed by atoms with Crippen molar-refractivity contribution in [1.82, 2.24) is 9.78 Å². The summed E-state index contributed by atoms with van der Waals surface area (Å²) in [5.41, 5.74) is 3.26. The van der Waals surface area contributed by atoms with Crippen molar-refractivity contribution in [3.63, 3.8) is 0 Å². The molecule has 4 heteroatoms. The van der Waals surface area contributed by atoms with E-state index in [1.807, 2.05) is 30.8 Å². The largest absolute Gasteiger partial charge is 0.249 e. The monoisotopic (exact) mass is 268 g/mol. The fourth-order valence-corrected chi connectivity index (χ4v) is 1.98. The van der Waals surface area contributed by atoms with Crippen LogP contribution in [-0.2, 0) is 6.42 Å². The lowest BCUT2D eigenvalue weighted by molar-refractivity contribution is 0.840. The quantitative estimate of drug-likeness (QED) is 0.774. The number of aromatic nitrogens is 2. The standard InChI is InChI=1S/C16H20N4/c1-4-7-13(2)8-5-9-15-12-14(3)20(19-15)16-17-10-6-11-18-16/h4-5,7-8,10,12H,1,6,9,11H2,2-3H3/b8-5-,13-7-. The van der Waals surface area contributed by atoms with Gasteiger partial charge in [-0.2, -0.15) is 5.10 Å². The summed E-state index contributed by atoms with van der Waals surface area (Å²) in [4.78, 5) is 8.68. The summed E-state index contributed by atoms with van der Waals surface area (Å²) in [7, 11) is 0. The molecular formula is C16H20N4. The van der Waals surface area contributed by atoms with Gasteiger partial charge in [0.05, 0.1) is 5.69 Å². The molecule has 0 unspecified atom stereocenters. The minimum absolute atomic E-state index is 0.687. The first-order valence-electron chi connectivity index (χ1n) is 6.79. The summed E-state index contributed by atoms with van der Waals surface area (Å²) in [5.74, 6) is 0.687. The van der Waals surface area contributed by atoms with Crippen molar-refractivity contribution < 1.29 is 0 Å². The van der Waals surface area contributed by atoms with E-state index in [9.17, 15) is 0 Å². The lowest BCUT2D eigenvalue weighted by atomic mass is 10.2. The summed E-state index contributed by atoms with van der Waals surface area (Å²) in [6, 6.07) is 2.07. The molecule has 0 amide bonds. The van der Waals surface area contributed by atoms with Gasteiger partial charge in [0.2, 0.25) is 5.96 Å². The predicted octanol–water partition coefficient (Wildman–Crippen LogP) is 3.10. The lowest BCUT2D eigenvalue weighted by Gasteiger charge is -2.06. The molecule has 1 aromatic heterocycles. The van der Waals surface area contributed by atoms with Crippen LogP contribution in [0.25, 0.3) is 0 Å². The average Bonchev–Trinajstić information content (AvgIpc) is 2.81. The van der Waals surface area contributed by atoms with E-state index in [1.54, 1.807) is 6.08 Å². The van der Waals surface area contributed by atoms with Crippen LogP contribution < -0.4 is 0 Å². The normalized spacial score (nSPS) is 15.7. The zero-order valence-electron chi connectivity index (χ0n) is 12.1. The fraction of sp³-hybridized carbons (Fsp3) is 0.312. The smallest absolute Gasteiger partial charge is 0.245 e. The maximum atomic E-state index is 4.56. The van der Waals surface area contributed by atoms with Crippen LogP contribution in [0.4, 0.5) is 0 Å². The maximum Gasteiger partial charge on any atom is 0.245 e. The number of allylic oxidation sites excluding steroid dienone is 5. The Hall–Kier alpha value is -2.23. The number of hydrogen-bond acceptors (Lipinski definition) is 3. The summed E-state index contributed by atoms with van der Waals surface area (Å²) in [5, 5.41) is 4.56. The van der Waals surface area contributed by atoms with Crippen molar-refractivity contribution in [3.05, 3.63) is 53.9 Å². The van der Waals surface area contributed by atoms with E-state index >= 15 is 0 Å². The van der Waals surface area contributed by atoms with Gasteiger partial charge in [0.1, 0.15) is 0 Å². The molecule has 0 fully saturated rings. The van der Waals surface area contributed by atoms with Crippen molar-refractivity contribution in [2.45, 2.75) is 26.7 Å². The number of rotatable bonds is 4. The van der Waals surface area contributed by atoms with Gasteiger partial charge in [-0.3, -0.25) is 0 Å². The van der Waals surface area contributed by atoms with Crippen LogP contribution in [0.3, 0.4) is 0 Å². The summed E-state index contributed by atoms with van der Waals surface area (Å²) in [6.45, 7) is 8.54. The van der Waals surface area contributed by atoms with E-state index in [2.05, 4.69) is 39.9 Å². The van der Waals surface area contributed by atoms with E-state index < -0.39 is 0 Å². The molecule has 2 heterocycles. The van der Waals surface area contributed by atoms with Crippen molar-refractivity contribution in [1.29, 1.82) is 0 Å². The molecule has 0 atom stereocenters. The van der Waals surface area contributed by atoms with Crippen molar-refractivity contribution in [2.75, 3.05) is 6.54 Å². The second-order valence-electron chi connectivity index (χ2n) is 4.72. The zero-order chi connectivity index (χ0) is 14.4. The van der Waals surface area contributed by atoms with Crippen LogP contribution in [-0.4, -0.2) is 28.5 Å². The van der Waals surface area contributed by atoms with E-state index in [-0.39, 0.29) is 0 Å². The summed E-state index contributed by atoms with van der Waals surface area (Å²) < 4.78 is 1.81. The molecule has 0 saturated heterocycles. The molecule has 104 valence electrons. The Morgan fingerprint density at radius 2 is 2.35 bits per heavy atom. The van der Waals surface area contributed by atoms with Crippen molar-refractivity contribution in [2.24, 2.45) is 9.98 Å². The minimum Gasteiger partial charge on any atom is -0.249 e. The Kier molecular flexibility index (Phi) is 4.82. The van der Waals surface area contributed by atoms with Gasteiger partial charge < -0.3 is 0 Å². The van der Waals surface area contributed by atoms with E-state index in [0.717, 1.165) is 30.8 Å². The number of aryl methyl sites for hydroxylation is 1. The Bertz CT molecular complexity index is 600. The Morgan fingerprint density at radius 1 is 1.50 bits per heavy atom. The summed E-state index contributed by atoms with van der Waals surface area (Å²) in [6.07, 6.45) is 11.6. The topological polar surface area (TPSA) is 42.5 Å². The van der Waals surface area contributed by atoms with E-state index in [4.69, 9.17) is 0 Å². The van der Waals surface area contributed by atoms with Crippen molar-refractivity contribution >= 4 is 12.2 Å². The fourth-order valence-electron chi connectivity index (χ4n) is 1.98. The molecule has 20 heavy (non-hydrogen) atoms. The molecule has 1 aromatic rings. The first-order chi connectivity index (χ1) is 9.70. The first kappa shape index (κ1) is 14.2. The third-order valence-corrected chi connectivity index (χ3v) is 2.93. The van der Waals surface area contributed by atoms with Gasteiger partial charge in [0.25, 0.3) is 0 Å². The van der Waals surface area contributed by atoms with Gasteiger partial charge >= 0.3 is 0 Å². The number of hydrogen-bond donors (Lipinski definition) is 0. The summed E-state index contributed by atoms with van der Waals surface area (Å²) >= 11 is 0. The Balaban J connectivity index is 2.08. The minimum atomic E-state index is 0.687. The van der Waals surface area contributed by atoms with Crippen molar-refractivity contribution in [3.8, 4) is 0 Å². The maximum absolute atomic E-state index is 4.56. The van der Waals surface area contributed by atoms with Crippen LogP contribution in [0, 0.1) is 6.92 Å². The molecule has 0 radical (unpaired) electrons. The van der Waals surface area contributed by atoms with E-state index in [0.29, 0.717) is 5.96 Å². The molecule has 2 rings (SSSR count). The molecular weight excluding hydrogens is 248 g/mol. The number of aliphatic imine (C=N–C) groups is 2. The van der Waals surface area contributed by atoms with Crippen LogP contribution in [0.2, 0.25) is 0 Å². The zero-order valence-corrected chi connectivity index (χ0v) is 12.1. The molecule has 4 nitrogen and oxygen atoms in total. The van der Waals surface area contributed by atoms with E-state index in [1.165, 1.54) is 5.57 Å². The van der Waals surface area contributed by atoms with Crippen LogP contribution in [0.1, 0.15) is 24.7 Å². The molecule has 0 spiro atoms. The molecule has 0 aliphatic carbocycles. The molecule has 1 aliphatic rings.